The van der Waals surface area contributed by atoms with Crippen molar-refractivity contribution in [2.45, 2.75) is 13.0 Å². The highest BCUT2D eigenvalue weighted by molar-refractivity contribution is 6.04. The van der Waals surface area contributed by atoms with E-state index in [1.54, 1.807) is 0 Å². The van der Waals surface area contributed by atoms with Gasteiger partial charge in [-0.3, -0.25) is 14.9 Å². The molecule has 4 N–H and O–H groups in total. The van der Waals surface area contributed by atoms with Crippen LogP contribution in [0.2, 0.25) is 0 Å². The molecule has 1 aromatic rings. The third-order valence-corrected chi connectivity index (χ3v) is 2.74. The number of hydrogen-bond donors (Lipinski definition) is 3. The van der Waals surface area contributed by atoms with E-state index in [4.69, 9.17) is 5.84 Å². The minimum Gasteiger partial charge on any atom is -0.333 e. The van der Waals surface area contributed by atoms with Crippen LogP contribution < -0.4 is 21.5 Å². The van der Waals surface area contributed by atoms with Crippen LogP contribution in [0, 0.1) is 11.6 Å². The maximum absolute atomic E-state index is 13.7. The van der Waals surface area contributed by atoms with Crippen molar-refractivity contribution in [3.8, 4) is 0 Å². The summed E-state index contributed by atoms with van der Waals surface area (Å²) < 4.78 is 27.0. The Bertz CT molecular complexity index is 551. The molecule has 2 amide bonds. The first kappa shape index (κ1) is 13.1. The number of nitrogens with zero attached hydrogens (tertiary/aromatic N) is 2. The molecule has 0 radical (unpaired) electrons. The molecule has 0 aliphatic carbocycles. The number of hydrazine groups is 1. The number of carbonyl (C=O) groups is 2. The van der Waals surface area contributed by atoms with Crippen LogP contribution in [-0.2, 0) is 9.59 Å². The molecular formula is C10H11F2N5O2. The molecule has 1 aliphatic rings. The lowest BCUT2D eigenvalue weighted by Crippen LogP contribution is -2.57. The van der Waals surface area contributed by atoms with Crippen LogP contribution in [0.3, 0.4) is 0 Å². The van der Waals surface area contributed by atoms with Crippen LogP contribution in [0.5, 0.6) is 0 Å². The van der Waals surface area contributed by atoms with Gasteiger partial charge in [0.1, 0.15) is 6.04 Å². The number of amides is 2. The Morgan fingerprint density at radius 1 is 1.47 bits per heavy atom. The number of nitrogen functional groups attached to an aromatic ring is 1. The summed E-state index contributed by atoms with van der Waals surface area (Å²) in [6.45, 7) is 1.22. The number of pyridine rings is 1. The molecular weight excluding hydrogens is 260 g/mol. The number of piperazine rings is 1. The molecule has 1 aliphatic heterocycles. The van der Waals surface area contributed by atoms with Crippen LogP contribution in [0.1, 0.15) is 6.92 Å². The molecule has 0 spiro atoms. The highest BCUT2D eigenvalue weighted by Crippen LogP contribution is 2.24. The lowest BCUT2D eigenvalue weighted by molar-refractivity contribution is -0.132. The number of hydrogen-bond acceptors (Lipinski definition) is 6. The maximum atomic E-state index is 13.7. The highest BCUT2D eigenvalue weighted by atomic mass is 19.1. The summed E-state index contributed by atoms with van der Waals surface area (Å²) in [5.41, 5.74) is 1.97. The Kier molecular flexibility index (Phi) is 3.30. The van der Waals surface area contributed by atoms with E-state index in [-0.39, 0.29) is 18.2 Å². The number of imide groups is 1. The molecule has 1 unspecified atom stereocenters. The topological polar surface area (TPSA) is 100 Å². The van der Waals surface area contributed by atoms with Gasteiger partial charge < -0.3 is 10.3 Å². The Morgan fingerprint density at radius 3 is 2.79 bits per heavy atom. The van der Waals surface area contributed by atoms with E-state index in [1.165, 1.54) is 6.92 Å². The number of rotatable bonds is 2. The first-order valence-electron chi connectivity index (χ1n) is 5.37. The van der Waals surface area contributed by atoms with Crippen LogP contribution in [0.4, 0.5) is 20.4 Å². The number of aromatic nitrogens is 1. The minimum absolute atomic E-state index is 0.257. The average molecular weight is 271 g/mol. The zero-order chi connectivity index (χ0) is 14.2. The first-order valence-corrected chi connectivity index (χ1v) is 5.37. The van der Waals surface area contributed by atoms with Crippen molar-refractivity contribution < 1.29 is 18.4 Å². The third-order valence-electron chi connectivity index (χ3n) is 2.74. The monoisotopic (exact) mass is 271 g/mol. The Hall–Kier alpha value is -2.29. The van der Waals surface area contributed by atoms with E-state index < -0.39 is 29.5 Å². The third kappa shape index (κ3) is 2.32. The van der Waals surface area contributed by atoms with Gasteiger partial charge in [-0.05, 0) is 6.92 Å². The molecule has 0 aromatic carbocycles. The predicted molar refractivity (Wildman–Crippen MR) is 61.9 cm³/mol. The molecule has 1 fully saturated rings. The van der Waals surface area contributed by atoms with Gasteiger partial charge in [0.05, 0.1) is 6.54 Å². The van der Waals surface area contributed by atoms with E-state index >= 15 is 0 Å². The van der Waals surface area contributed by atoms with E-state index in [0.29, 0.717) is 6.07 Å². The number of halogens is 2. The summed E-state index contributed by atoms with van der Waals surface area (Å²) in [6.07, 6.45) is 0. The summed E-state index contributed by atoms with van der Waals surface area (Å²) >= 11 is 0. The van der Waals surface area contributed by atoms with Crippen molar-refractivity contribution in [3.05, 3.63) is 17.7 Å². The van der Waals surface area contributed by atoms with Gasteiger partial charge in [0, 0.05) is 6.07 Å². The van der Waals surface area contributed by atoms with Gasteiger partial charge in [0.15, 0.2) is 23.3 Å². The van der Waals surface area contributed by atoms with E-state index in [0.717, 1.165) is 4.90 Å². The van der Waals surface area contributed by atoms with Crippen LogP contribution >= 0.6 is 0 Å². The lowest BCUT2D eigenvalue weighted by atomic mass is 10.2. The minimum atomic E-state index is -0.981. The fourth-order valence-electron chi connectivity index (χ4n) is 1.73. The lowest BCUT2D eigenvalue weighted by Gasteiger charge is -2.32. The Morgan fingerprint density at radius 2 is 2.16 bits per heavy atom. The zero-order valence-electron chi connectivity index (χ0n) is 9.91. The standard InChI is InChI=1S/C10H11F2N5O2/c1-4-10(19)14-7(18)3-17(4)9-6(12)2-5(11)8(15-9)16-13/h2,4H,3,13H2,1H3,(H,15,16)(H,14,18,19). The van der Waals surface area contributed by atoms with Crippen molar-refractivity contribution in [2.75, 3.05) is 16.9 Å². The number of nitrogens with two attached hydrogens (primary N) is 1. The van der Waals surface area contributed by atoms with E-state index in [9.17, 15) is 18.4 Å². The number of nitrogens with one attached hydrogen (secondary N) is 2. The second kappa shape index (κ2) is 4.76. The Balaban J connectivity index is 2.45. The molecule has 2 heterocycles. The fraction of sp³-hybridized carbons (Fsp3) is 0.300. The van der Waals surface area contributed by atoms with Gasteiger partial charge in [0.25, 0.3) is 0 Å². The predicted octanol–water partition coefficient (Wildman–Crippen LogP) is -0.503. The molecule has 19 heavy (non-hydrogen) atoms. The van der Waals surface area contributed by atoms with Gasteiger partial charge in [0.2, 0.25) is 11.8 Å². The van der Waals surface area contributed by atoms with E-state index in [2.05, 4.69) is 10.3 Å². The quantitative estimate of drug-likeness (QED) is 0.381. The largest absolute Gasteiger partial charge is 0.333 e. The summed E-state index contributed by atoms with van der Waals surface area (Å²) in [6, 6.07) is -0.225. The molecule has 1 saturated heterocycles. The summed E-state index contributed by atoms with van der Waals surface area (Å²) in [7, 11) is 0. The summed E-state index contributed by atoms with van der Waals surface area (Å²) in [5, 5.41) is 2.10. The van der Waals surface area contributed by atoms with Gasteiger partial charge in [-0.1, -0.05) is 0 Å². The highest BCUT2D eigenvalue weighted by Gasteiger charge is 2.33. The second-order valence-electron chi connectivity index (χ2n) is 3.98. The molecule has 7 nitrogen and oxygen atoms in total. The molecule has 1 atom stereocenters. The molecule has 1 aromatic heterocycles. The van der Waals surface area contributed by atoms with Crippen LogP contribution in [-0.4, -0.2) is 29.4 Å². The number of carbonyl (C=O) groups excluding carboxylic acids is 2. The molecule has 102 valence electrons. The Labute approximate surface area is 106 Å². The summed E-state index contributed by atoms with van der Waals surface area (Å²) in [4.78, 5) is 27.6. The second-order valence-corrected chi connectivity index (χ2v) is 3.98. The first-order chi connectivity index (χ1) is 8.93. The van der Waals surface area contributed by atoms with Gasteiger partial charge in [-0.2, -0.15) is 0 Å². The fourth-order valence-corrected chi connectivity index (χ4v) is 1.73. The van der Waals surface area contributed by atoms with Crippen LogP contribution in [0.15, 0.2) is 6.07 Å². The van der Waals surface area contributed by atoms with Crippen LogP contribution in [0.25, 0.3) is 0 Å². The smallest absolute Gasteiger partial charge is 0.249 e. The normalized spacial score (nSPS) is 19.4. The van der Waals surface area contributed by atoms with Gasteiger partial charge in [-0.15, -0.1) is 0 Å². The summed E-state index contributed by atoms with van der Waals surface area (Å²) in [5.74, 6) is 1.25. The molecule has 0 saturated carbocycles. The average Bonchev–Trinajstić information content (AvgIpc) is 2.34. The number of anilines is 2. The van der Waals surface area contributed by atoms with Gasteiger partial charge in [-0.25, -0.2) is 19.6 Å². The molecule has 0 bridgehead atoms. The van der Waals surface area contributed by atoms with E-state index in [1.807, 2.05) is 5.43 Å². The van der Waals surface area contributed by atoms with Crippen molar-refractivity contribution >= 4 is 23.5 Å². The van der Waals surface area contributed by atoms with Crippen molar-refractivity contribution in [3.63, 3.8) is 0 Å². The zero-order valence-corrected chi connectivity index (χ0v) is 9.91. The van der Waals surface area contributed by atoms with Crippen molar-refractivity contribution in [2.24, 2.45) is 5.84 Å². The van der Waals surface area contributed by atoms with Crippen molar-refractivity contribution in [1.82, 2.24) is 10.3 Å². The SMILES string of the molecule is CC1C(=O)NC(=O)CN1c1nc(NN)c(F)cc1F. The van der Waals surface area contributed by atoms with Crippen molar-refractivity contribution in [1.29, 1.82) is 0 Å². The maximum Gasteiger partial charge on any atom is 0.249 e. The van der Waals surface area contributed by atoms with Gasteiger partial charge >= 0.3 is 0 Å². The molecule has 2 rings (SSSR count). The molecule has 9 heteroatoms.